The lowest BCUT2D eigenvalue weighted by molar-refractivity contribution is -0.116. The van der Waals surface area contributed by atoms with Gasteiger partial charge in [0.1, 0.15) is 5.75 Å². The number of methoxy groups -OCH3 is 2. The molecule has 0 atom stereocenters. The minimum atomic E-state index is -0.236. The number of fused-ring (bicyclic) bond motifs is 1. The Morgan fingerprint density at radius 1 is 1.28 bits per heavy atom. The smallest absolute Gasteiger partial charge is 0.260 e. The highest BCUT2D eigenvalue weighted by Crippen LogP contribution is 2.14. The number of nitrogens with zero attached hydrogens (tertiary/aromatic N) is 4. The van der Waals surface area contributed by atoms with Gasteiger partial charge < -0.3 is 14.8 Å². The highest BCUT2D eigenvalue weighted by molar-refractivity contribution is 5.91. The third-order valence-corrected chi connectivity index (χ3v) is 3.50. The second-order valence-electron chi connectivity index (χ2n) is 5.07. The van der Waals surface area contributed by atoms with Crippen molar-refractivity contribution in [3.63, 3.8) is 0 Å². The maximum atomic E-state index is 12.0. The molecule has 1 aromatic carbocycles. The van der Waals surface area contributed by atoms with Crippen LogP contribution in [0.1, 0.15) is 11.4 Å². The van der Waals surface area contributed by atoms with E-state index in [0.717, 1.165) is 11.3 Å². The second-order valence-corrected chi connectivity index (χ2v) is 5.07. The molecule has 0 aliphatic rings. The van der Waals surface area contributed by atoms with Crippen LogP contribution in [0.5, 0.6) is 11.6 Å². The molecule has 0 saturated heterocycles. The van der Waals surface area contributed by atoms with Crippen LogP contribution in [0.2, 0.25) is 0 Å². The number of hydrogen-bond donors (Lipinski definition) is 1. The largest absolute Gasteiger partial charge is 0.497 e. The number of ether oxygens (including phenoxy) is 2. The highest BCUT2D eigenvalue weighted by atomic mass is 16.5. The van der Waals surface area contributed by atoms with Gasteiger partial charge in [0.2, 0.25) is 11.6 Å². The molecule has 0 bridgehead atoms. The summed E-state index contributed by atoms with van der Waals surface area (Å²) in [7, 11) is 3.12. The van der Waals surface area contributed by atoms with Crippen LogP contribution in [0.15, 0.2) is 42.7 Å². The zero-order chi connectivity index (χ0) is 17.6. The fraction of sp³-hybridized carbons (Fsp3) is 0.176. The zero-order valence-corrected chi connectivity index (χ0v) is 13.8. The van der Waals surface area contributed by atoms with Gasteiger partial charge >= 0.3 is 0 Å². The van der Waals surface area contributed by atoms with E-state index in [4.69, 9.17) is 9.47 Å². The minimum Gasteiger partial charge on any atom is -0.497 e. The molecule has 0 aliphatic heterocycles. The lowest BCUT2D eigenvalue weighted by Gasteiger charge is -2.03. The summed E-state index contributed by atoms with van der Waals surface area (Å²) in [4.78, 5) is 16.1. The lowest BCUT2D eigenvalue weighted by atomic mass is 10.2. The first-order chi connectivity index (χ1) is 12.2. The van der Waals surface area contributed by atoms with Crippen LogP contribution in [0.4, 0.5) is 0 Å². The van der Waals surface area contributed by atoms with E-state index < -0.39 is 0 Å². The van der Waals surface area contributed by atoms with Crippen LogP contribution in [0.25, 0.3) is 11.7 Å². The molecule has 8 heteroatoms. The molecule has 25 heavy (non-hydrogen) atoms. The molecule has 2 heterocycles. The topological polar surface area (TPSA) is 90.6 Å². The highest BCUT2D eigenvalue weighted by Gasteiger charge is 2.10. The number of amides is 1. The van der Waals surface area contributed by atoms with Gasteiger partial charge in [-0.15, -0.1) is 10.2 Å². The summed E-state index contributed by atoms with van der Waals surface area (Å²) in [5.41, 5.74) is 1.37. The predicted molar refractivity (Wildman–Crippen MR) is 91.2 cm³/mol. The summed E-state index contributed by atoms with van der Waals surface area (Å²) in [6.45, 7) is 0.232. The maximum absolute atomic E-state index is 12.0. The number of nitrogens with one attached hydrogen (secondary N) is 1. The second kappa shape index (κ2) is 7.43. The van der Waals surface area contributed by atoms with Crippen molar-refractivity contribution in [2.24, 2.45) is 0 Å². The summed E-state index contributed by atoms with van der Waals surface area (Å²) in [6.07, 6.45) is 6.47. The molecule has 0 saturated carbocycles. The zero-order valence-electron chi connectivity index (χ0n) is 13.8. The van der Waals surface area contributed by atoms with E-state index in [1.165, 1.54) is 13.2 Å². The fourth-order valence-corrected chi connectivity index (χ4v) is 2.26. The van der Waals surface area contributed by atoms with Crippen LogP contribution in [0.3, 0.4) is 0 Å². The van der Waals surface area contributed by atoms with E-state index in [0.29, 0.717) is 17.4 Å². The number of carbonyl (C=O) groups is 1. The molecule has 0 fully saturated rings. The molecule has 0 unspecified atom stereocenters. The van der Waals surface area contributed by atoms with Gasteiger partial charge in [-0.05, 0) is 23.8 Å². The molecule has 0 spiro atoms. The van der Waals surface area contributed by atoms with Crippen molar-refractivity contribution in [1.29, 1.82) is 0 Å². The average molecular weight is 339 g/mol. The molecule has 0 aliphatic carbocycles. The predicted octanol–water partition coefficient (Wildman–Crippen LogP) is 1.47. The quantitative estimate of drug-likeness (QED) is 0.684. The number of benzene rings is 1. The van der Waals surface area contributed by atoms with Crippen molar-refractivity contribution in [2.75, 3.05) is 14.2 Å². The van der Waals surface area contributed by atoms with Crippen molar-refractivity contribution in [2.45, 2.75) is 6.54 Å². The molecule has 1 amide bonds. The standard InChI is InChI=1S/C17H17N5O3/c1-24-13-5-3-4-12(10-13)6-7-15(23)19-11-14-20-21-16-17(25-2)18-8-9-22(14)16/h3-10H,11H2,1-2H3,(H,19,23)/b7-6+. The number of rotatable bonds is 6. The van der Waals surface area contributed by atoms with Gasteiger partial charge in [-0.2, -0.15) is 0 Å². The Bertz CT molecular complexity index is 920. The third kappa shape index (κ3) is 3.74. The molecule has 2 aromatic heterocycles. The van der Waals surface area contributed by atoms with Crippen LogP contribution in [-0.2, 0) is 11.3 Å². The summed E-state index contributed by atoms with van der Waals surface area (Å²) < 4.78 is 12.0. The summed E-state index contributed by atoms with van der Waals surface area (Å²) >= 11 is 0. The molecule has 3 aromatic rings. The van der Waals surface area contributed by atoms with Crippen LogP contribution >= 0.6 is 0 Å². The van der Waals surface area contributed by atoms with E-state index >= 15 is 0 Å². The molecule has 1 N–H and O–H groups in total. The SMILES string of the molecule is COc1cccc(/C=C/C(=O)NCc2nnc3c(OC)nccn23)c1. The minimum absolute atomic E-state index is 0.232. The van der Waals surface area contributed by atoms with Crippen LogP contribution in [0, 0.1) is 0 Å². The first kappa shape index (κ1) is 16.4. The molecule has 128 valence electrons. The molecule has 0 radical (unpaired) electrons. The van der Waals surface area contributed by atoms with Gasteiger partial charge in [0.25, 0.3) is 5.88 Å². The van der Waals surface area contributed by atoms with E-state index in [9.17, 15) is 4.79 Å². The number of carbonyl (C=O) groups excluding carboxylic acids is 1. The van der Waals surface area contributed by atoms with Crippen molar-refractivity contribution in [3.8, 4) is 11.6 Å². The Morgan fingerprint density at radius 2 is 2.16 bits per heavy atom. The van der Waals surface area contributed by atoms with Crippen LogP contribution in [-0.4, -0.2) is 39.7 Å². The van der Waals surface area contributed by atoms with Gasteiger partial charge in [0.05, 0.1) is 20.8 Å². The van der Waals surface area contributed by atoms with Crippen molar-refractivity contribution >= 4 is 17.6 Å². The van der Waals surface area contributed by atoms with E-state index in [1.54, 1.807) is 30.0 Å². The Morgan fingerprint density at radius 3 is 2.96 bits per heavy atom. The van der Waals surface area contributed by atoms with E-state index in [-0.39, 0.29) is 12.5 Å². The van der Waals surface area contributed by atoms with Gasteiger partial charge in [-0.1, -0.05) is 12.1 Å². The lowest BCUT2D eigenvalue weighted by Crippen LogP contribution is -2.21. The average Bonchev–Trinajstić information content (AvgIpc) is 3.08. The Balaban J connectivity index is 1.65. The van der Waals surface area contributed by atoms with E-state index in [2.05, 4.69) is 20.5 Å². The van der Waals surface area contributed by atoms with Gasteiger partial charge in [0.15, 0.2) is 5.82 Å². The first-order valence-electron chi connectivity index (χ1n) is 7.54. The van der Waals surface area contributed by atoms with Crippen LogP contribution < -0.4 is 14.8 Å². The van der Waals surface area contributed by atoms with Crippen molar-refractivity contribution in [3.05, 3.63) is 54.1 Å². The summed E-state index contributed by atoms with van der Waals surface area (Å²) in [5, 5.41) is 10.8. The molecular formula is C17H17N5O3. The molecule has 3 rings (SSSR count). The maximum Gasteiger partial charge on any atom is 0.260 e. The number of hydrogen-bond acceptors (Lipinski definition) is 6. The van der Waals surface area contributed by atoms with Crippen molar-refractivity contribution in [1.82, 2.24) is 24.9 Å². The fourth-order valence-electron chi connectivity index (χ4n) is 2.26. The van der Waals surface area contributed by atoms with Crippen molar-refractivity contribution < 1.29 is 14.3 Å². The first-order valence-corrected chi connectivity index (χ1v) is 7.54. The Hall–Kier alpha value is -3.42. The third-order valence-electron chi connectivity index (χ3n) is 3.50. The monoisotopic (exact) mass is 339 g/mol. The van der Waals surface area contributed by atoms with Gasteiger partial charge in [0, 0.05) is 18.5 Å². The summed E-state index contributed by atoms with van der Waals surface area (Å²) in [6, 6.07) is 7.43. The summed E-state index contributed by atoms with van der Waals surface area (Å²) in [5.74, 6) is 1.46. The van der Waals surface area contributed by atoms with Gasteiger partial charge in [-0.3, -0.25) is 9.20 Å². The number of aromatic nitrogens is 4. The normalized spacial score (nSPS) is 11.0. The van der Waals surface area contributed by atoms with E-state index in [1.807, 2.05) is 24.3 Å². The molecule has 8 nitrogen and oxygen atoms in total. The van der Waals surface area contributed by atoms with Gasteiger partial charge in [-0.25, -0.2) is 4.98 Å². The molecular weight excluding hydrogens is 322 g/mol. The Kier molecular flexibility index (Phi) is 4.89. The Labute approximate surface area is 144 Å².